The second-order valence-electron chi connectivity index (χ2n) is 8.11. The van der Waals surface area contributed by atoms with Crippen LogP contribution in [0, 0.1) is 11.3 Å². The molecule has 1 saturated heterocycles. The summed E-state index contributed by atoms with van der Waals surface area (Å²) in [6.07, 6.45) is 1.69. The number of aliphatic hydroxyl groups is 1. The summed E-state index contributed by atoms with van der Waals surface area (Å²) in [5.74, 6) is 2.18. The minimum atomic E-state index is -0.167. The van der Waals surface area contributed by atoms with Crippen LogP contribution in [0.5, 0.6) is 5.75 Å². The minimum absolute atomic E-state index is 0. The SMILES string of the molecule is CCNC(=NCC1(CO)CCOCC1)NC(C)c1ccc(OCC(C)C)cc1.I. The van der Waals surface area contributed by atoms with Gasteiger partial charge in [-0.2, -0.15) is 0 Å². The number of halogens is 1. The van der Waals surface area contributed by atoms with E-state index < -0.39 is 0 Å². The first-order valence-corrected chi connectivity index (χ1v) is 10.4. The lowest BCUT2D eigenvalue weighted by atomic mass is 9.81. The Morgan fingerprint density at radius 2 is 1.86 bits per heavy atom. The number of nitrogens with one attached hydrogen (secondary N) is 2. The molecule has 29 heavy (non-hydrogen) atoms. The van der Waals surface area contributed by atoms with Crippen LogP contribution in [0.4, 0.5) is 0 Å². The van der Waals surface area contributed by atoms with E-state index in [-0.39, 0.29) is 42.0 Å². The zero-order valence-electron chi connectivity index (χ0n) is 18.2. The van der Waals surface area contributed by atoms with Crippen molar-refractivity contribution in [3.63, 3.8) is 0 Å². The number of hydrogen-bond donors (Lipinski definition) is 3. The van der Waals surface area contributed by atoms with Crippen LogP contribution in [0.25, 0.3) is 0 Å². The van der Waals surface area contributed by atoms with Crippen molar-refractivity contribution in [3.05, 3.63) is 29.8 Å². The van der Waals surface area contributed by atoms with Gasteiger partial charge in [-0.05, 0) is 50.3 Å². The molecule has 0 spiro atoms. The molecule has 0 saturated carbocycles. The van der Waals surface area contributed by atoms with Crippen molar-refractivity contribution >= 4 is 29.9 Å². The van der Waals surface area contributed by atoms with Gasteiger partial charge in [0.05, 0.1) is 25.8 Å². The van der Waals surface area contributed by atoms with Gasteiger partial charge in [0.25, 0.3) is 0 Å². The zero-order chi connectivity index (χ0) is 20.4. The average molecular weight is 519 g/mol. The van der Waals surface area contributed by atoms with E-state index in [4.69, 9.17) is 14.5 Å². The molecule has 0 amide bonds. The third kappa shape index (κ3) is 8.68. The van der Waals surface area contributed by atoms with Gasteiger partial charge in [-0.1, -0.05) is 26.0 Å². The zero-order valence-corrected chi connectivity index (χ0v) is 20.6. The number of hydrogen-bond acceptors (Lipinski definition) is 4. The highest BCUT2D eigenvalue weighted by Crippen LogP contribution is 2.30. The van der Waals surface area contributed by atoms with E-state index in [0.717, 1.165) is 37.7 Å². The molecule has 2 rings (SSSR count). The van der Waals surface area contributed by atoms with E-state index in [1.807, 2.05) is 12.1 Å². The summed E-state index contributed by atoms with van der Waals surface area (Å²) in [6.45, 7) is 12.1. The number of rotatable bonds is 9. The highest BCUT2D eigenvalue weighted by atomic mass is 127. The van der Waals surface area contributed by atoms with Crippen molar-refractivity contribution in [2.45, 2.75) is 46.6 Å². The molecular weight excluding hydrogens is 481 g/mol. The maximum atomic E-state index is 9.87. The van der Waals surface area contributed by atoms with E-state index in [1.165, 1.54) is 5.56 Å². The van der Waals surface area contributed by atoms with E-state index in [2.05, 4.69) is 50.5 Å². The maximum Gasteiger partial charge on any atom is 0.191 e. The van der Waals surface area contributed by atoms with Crippen molar-refractivity contribution in [2.75, 3.05) is 39.5 Å². The van der Waals surface area contributed by atoms with Gasteiger partial charge in [0, 0.05) is 25.2 Å². The van der Waals surface area contributed by atoms with E-state index in [1.54, 1.807) is 0 Å². The van der Waals surface area contributed by atoms with Crippen molar-refractivity contribution in [1.29, 1.82) is 0 Å². The molecule has 6 nitrogen and oxygen atoms in total. The molecule has 1 aromatic rings. The molecular formula is C22H38IN3O3. The summed E-state index contributed by atoms with van der Waals surface area (Å²) in [6, 6.07) is 8.32. The van der Waals surface area contributed by atoms with Gasteiger partial charge in [-0.15, -0.1) is 24.0 Å². The highest BCUT2D eigenvalue weighted by Gasteiger charge is 2.32. The average Bonchev–Trinajstić information content (AvgIpc) is 2.71. The first kappa shape index (κ1) is 26.0. The predicted octanol–water partition coefficient (Wildman–Crippen LogP) is 3.74. The van der Waals surface area contributed by atoms with Crippen molar-refractivity contribution in [3.8, 4) is 5.75 Å². The van der Waals surface area contributed by atoms with Crippen LogP contribution in [0.1, 0.15) is 52.1 Å². The molecule has 3 N–H and O–H groups in total. The molecule has 7 heteroatoms. The third-order valence-corrected chi connectivity index (χ3v) is 5.12. The van der Waals surface area contributed by atoms with E-state index in [0.29, 0.717) is 25.7 Å². The van der Waals surface area contributed by atoms with Crippen molar-refractivity contribution in [1.82, 2.24) is 10.6 Å². The Hall–Kier alpha value is -1.06. The molecule has 0 aliphatic carbocycles. The lowest BCUT2D eigenvalue weighted by molar-refractivity contribution is -0.0106. The molecule has 0 radical (unpaired) electrons. The smallest absolute Gasteiger partial charge is 0.191 e. The Morgan fingerprint density at radius 3 is 2.41 bits per heavy atom. The van der Waals surface area contributed by atoms with Crippen molar-refractivity contribution < 1.29 is 14.6 Å². The molecule has 0 bridgehead atoms. The Bertz CT molecular complexity index is 602. The lowest BCUT2D eigenvalue weighted by Crippen LogP contribution is -2.41. The van der Waals surface area contributed by atoms with E-state index >= 15 is 0 Å². The Morgan fingerprint density at radius 1 is 1.21 bits per heavy atom. The van der Waals surface area contributed by atoms with Gasteiger partial charge in [-0.25, -0.2) is 0 Å². The van der Waals surface area contributed by atoms with Crippen LogP contribution in [0.3, 0.4) is 0 Å². The number of guanidine groups is 1. The fourth-order valence-corrected chi connectivity index (χ4v) is 3.14. The molecule has 1 aliphatic rings. The summed E-state index contributed by atoms with van der Waals surface area (Å²) in [4.78, 5) is 4.77. The number of benzene rings is 1. The molecule has 1 aromatic carbocycles. The number of nitrogens with zero attached hydrogens (tertiary/aromatic N) is 1. The number of aliphatic imine (C=N–C) groups is 1. The largest absolute Gasteiger partial charge is 0.493 e. The van der Waals surface area contributed by atoms with Gasteiger partial charge < -0.3 is 25.2 Å². The molecule has 1 fully saturated rings. The molecule has 166 valence electrons. The van der Waals surface area contributed by atoms with Crippen LogP contribution in [-0.4, -0.2) is 50.6 Å². The fourth-order valence-electron chi connectivity index (χ4n) is 3.14. The maximum absolute atomic E-state index is 9.87. The monoisotopic (exact) mass is 519 g/mol. The summed E-state index contributed by atoms with van der Waals surface area (Å²) >= 11 is 0. The van der Waals surface area contributed by atoms with Crippen LogP contribution in [-0.2, 0) is 4.74 Å². The molecule has 1 atom stereocenters. The van der Waals surface area contributed by atoms with Crippen molar-refractivity contribution in [2.24, 2.45) is 16.3 Å². The summed E-state index contributed by atoms with van der Waals surface area (Å²) in [7, 11) is 0. The minimum Gasteiger partial charge on any atom is -0.493 e. The van der Waals surface area contributed by atoms with Gasteiger partial charge in [0.1, 0.15) is 5.75 Å². The van der Waals surface area contributed by atoms with Crippen LogP contribution < -0.4 is 15.4 Å². The third-order valence-electron chi connectivity index (χ3n) is 5.12. The standard InChI is InChI=1S/C22H37N3O3.HI/c1-5-23-21(24-15-22(16-26)10-12-27-13-11-22)25-18(4)19-6-8-20(9-7-19)28-14-17(2)3;/h6-9,17-18,26H,5,10-16H2,1-4H3,(H2,23,24,25);1H. The summed E-state index contributed by atoms with van der Waals surface area (Å²) in [5, 5.41) is 16.7. The van der Waals surface area contributed by atoms with Gasteiger partial charge in [-0.3, -0.25) is 4.99 Å². The van der Waals surface area contributed by atoms with Gasteiger partial charge >= 0.3 is 0 Å². The molecule has 1 unspecified atom stereocenters. The lowest BCUT2D eigenvalue weighted by Gasteiger charge is -2.34. The Kier molecular flexibility index (Phi) is 11.9. The second-order valence-corrected chi connectivity index (χ2v) is 8.11. The molecule has 1 heterocycles. The Balaban J connectivity index is 0.00000420. The van der Waals surface area contributed by atoms with E-state index in [9.17, 15) is 5.11 Å². The fraction of sp³-hybridized carbons (Fsp3) is 0.682. The first-order chi connectivity index (χ1) is 13.5. The van der Waals surface area contributed by atoms with Gasteiger partial charge in [0.15, 0.2) is 5.96 Å². The highest BCUT2D eigenvalue weighted by molar-refractivity contribution is 14.0. The number of aliphatic hydroxyl groups excluding tert-OH is 1. The normalized spacial score (nSPS) is 17.4. The molecule has 1 aliphatic heterocycles. The second kappa shape index (κ2) is 13.3. The van der Waals surface area contributed by atoms with Crippen LogP contribution in [0.2, 0.25) is 0 Å². The quantitative estimate of drug-likeness (QED) is 0.263. The Labute approximate surface area is 192 Å². The first-order valence-electron chi connectivity index (χ1n) is 10.4. The molecule has 0 aromatic heterocycles. The summed E-state index contributed by atoms with van der Waals surface area (Å²) in [5.41, 5.74) is 1.00. The summed E-state index contributed by atoms with van der Waals surface area (Å²) < 4.78 is 11.2. The topological polar surface area (TPSA) is 75.1 Å². The predicted molar refractivity (Wildman–Crippen MR) is 129 cm³/mol. The number of ether oxygens (including phenoxy) is 2. The van der Waals surface area contributed by atoms with Crippen LogP contribution in [0.15, 0.2) is 29.3 Å². The van der Waals surface area contributed by atoms with Gasteiger partial charge in [0.2, 0.25) is 0 Å². The van der Waals surface area contributed by atoms with Crippen LogP contribution >= 0.6 is 24.0 Å².